The largest absolute Gasteiger partial charge is 0.459 e. The number of carbonyl (C=O) groups is 3. The molecule has 3 fully saturated rings. The number of esters is 1. The number of aliphatic hydroxyl groups excluding tert-OH is 2. The number of amides is 1. The van der Waals surface area contributed by atoms with Gasteiger partial charge in [-0.05, 0) is 84.5 Å². The molecule has 1 aromatic rings. The monoisotopic (exact) mass is 1020 g/mol. The van der Waals surface area contributed by atoms with Gasteiger partial charge in [0.2, 0.25) is 5.91 Å². The highest BCUT2D eigenvalue weighted by Crippen LogP contribution is 2.46. The maximum Gasteiger partial charge on any atom is 0.309 e. The van der Waals surface area contributed by atoms with Gasteiger partial charge in [0.1, 0.15) is 36.4 Å². The molecule has 0 spiro atoms. The van der Waals surface area contributed by atoms with E-state index in [9.17, 15) is 42.5 Å². The summed E-state index contributed by atoms with van der Waals surface area (Å²) in [5.41, 5.74) is -3.79. The van der Waals surface area contributed by atoms with Gasteiger partial charge in [0.25, 0.3) is 0 Å². The minimum atomic E-state index is -3.45. The number of ketones is 1. The number of halogens is 1. The Kier molecular flexibility index (Phi) is 21.0. The third-order valence-corrected chi connectivity index (χ3v) is 17.0. The number of ether oxygens (including phenoxy) is 7. The molecule has 1 unspecified atom stereocenters. The highest BCUT2D eigenvalue weighted by molar-refractivity contribution is 7.90. The fourth-order valence-electron chi connectivity index (χ4n) is 11.4. The van der Waals surface area contributed by atoms with Gasteiger partial charge in [-0.15, -0.1) is 0 Å². The van der Waals surface area contributed by atoms with Gasteiger partial charge in [0.15, 0.2) is 16.1 Å². The fraction of sp³-hybridized carbons (Fsp3) is 0.824. The molecule has 402 valence electrons. The summed E-state index contributed by atoms with van der Waals surface area (Å²) in [6.07, 6.45) is -5.57. The third kappa shape index (κ3) is 13.7. The number of aliphatic hydroxyl groups is 3. The van der Waals surface area contributed by atoms with E-state index in [1.807, 2.05) is 32.7 Å². The van der Waals surface area contributed by atoms with Crippen LogP contribution in [0.3, 0.4) is 0 Å². The number of hydrogen-bond donors (Lipinski definition) is 4. The van der Waals surface area contributed by atoms with Crippen LogP contribution >= 0.6 is 0 Å². The molecule has 0 radical (unpaired) electrons. The Labute approximate surface area is 416 Å². The minimum Gasteiger partial charge on any atom is -0.459 e. The van der Waals surface area contributed by atoms with E-state index in [0.717, 1.165) is 6.26 Å². The summed E-state index contributed by atoms with van der Waals surface area (Å²) in [5, 5.41) is 37.5. The van der Waals surface area contributed by atoms with Gasteiger partial charge in [0, 0.05) is 77.2 Å². The summed E-state index contributed by atoms with van der Waals surface area (Å²) in [5.74, 6) is -5.37. The number of carbonyl (C=O) groups excluding carboxylic acids is 3. The fourth-order valence-corrected chi connectivity index (χ4v) is 12.0. The number of sulfone groups is 1. The lowest BCUT2D eigenvalue weighted by atomic mass is 9.67. The molecule has 4 N–H and O–H groups in total. The minimum absolute atomic E-state index is 0.0209. The predicted octanol–water partition coefficient (Wildman–Crippen LogP) is 4.75. The van der Waals surface area contributed by atoms with E-state index in [2.05, 4.69) is 5.32 Å². The van der Waals surface area contributed by atoms with Crippen molar-refractivity contribution in [1.29, 1.82) is 0 Å². The number of nitrogens with zero attached hydrogens (tertiary/aromatic N) is 1. The van der Waals surface area contributed by atoms with Crippen LogP contribution in [-0.2, 0) is 57.4 Å². The summed E-state index contributed by atoms with van der Waals surface area (Å²) < 4.78 is 82.9. The maximum atomic E-state index is 14.6. The third-order valence-electron chi connectivity index (χ3n) is 15.9. The van der Waals surface area contributed by atoms with Crippen LogP contribution in [0.5, 0.6) is 0 Å². The average Bonchev–Trinajstić information content (AvgIpc) is 3.31. The molecule has 70 heavy (non-hydrogen) atoms. The molecule has 17 nitrogen and oxygen atoms in total. The maximum absolute atomic E-state index is 14.6. The van der Waals surface area contributed by atoms with Gasteiger partial charge in [-0.2, -0.15) is 0 Å². The number of Topliss-reactive ketones (excluding diaryl/α,β-unsaturated/α-hetero) is 1. The number of methoxy groups -OCH3 is 3. The second kappa shape index (κ2) is 24.6. The van der Waals surface area contributed by atoms with Crippen LogP contribution in [0, 0.1) is 29.6 Å². The Hall–Kier alpha value is -2.69. The van der Waals surface area contributed by atoms with Crippen molar-refractivity contribution >= 4 is 27.5 Å². The van der Waals surface area contributed by atoms with Crippen LogP contribution in [0.2, 0.25) is 0 Å². The van der Waals surface area contributed by atoms with Gasteiger partial charge in [-0.1, -0.05) is 46.8 Å². The van der Waals surface area contributed by atoms with Crippen LogP contribution in [0.25, 0.3) is 0 Å². The van der Waals surface area contributed by atoms with Crippen LogP contribution in [0.1, 0.15) is 119 Å². The Morgan fingerprint density at radius 2 is 1.54 bits per heavy atom. The van der Waals surface area contributed by atoms with E-state index in [-0.39, 0.29) is 48.5 Å². The Bertz CT molecular complexity index is 2000. The van der Waals surface area contributed by atoms with Crippen molar-refractivity contribution < 1.29 is 75.7 Å². The summed E-state index contributed by atoms with van der Waals surface area (Å²) >= 11 is 0. The van der Waals surface area contributed by atoms with Crippen molar-refractivity contribution in [2.45, 2.75) is 197 Å². The lowest BCUT2D eigenvalue weighted by Gasteiger charge is -2.52. The summed E-state index contributed by atoms with van der Waals surface area (Å²) in [7, 11) is 2.88. The molecule has 3 saturated heterocycles. The zero-order valence-electron chi connectivity index (χ0n) is 44.2. The van der Waals surface area contributed by atoms with Crippen LogP contribution in [0.15, 0.2) is 29.2 Å². The molecule has 19 heteroatoms. The van der Waals surface area contributed by atoms with Crippen molar-refractivity contribution in [3.63, 3.8) is 0 Å². The molecule has 0 saturated carbocycles. The number of rotatable bonds is 16. The molecule has 4 rings (SSSR count). The zero-order chi connectivity index (χ0) is 52.8. The van der Waals surface area contributed by atoms with Crippen molar-refractivity contribution in [1.82, 2.24) is 10.2 Å². The number of nitrogens with one attached hydrogen (secondary N) is 1. The van der Waals surface area contributed by atoms with Gasteiger partial charge >= 0.3 is 5.97 Å². The predicted molar refractivity (Wildman–Crippen MR) is 259 cm³/mol. The molecule has 3 aliphatic rings. The highest BCUT2D eigenvalue weighted by Gasteiger charge is 2.55. The van der Waals surface area contributed by atoms with Crippen molar-refractivity contribution in [3.8, 4) is 0 Å². The van der Waals surface area contributed by atoms with Gasteiger partial charge in [-0.3, -0.25) is 14.4 Å². The number of hydrogen-bond acceptors (Lipinski definition) is 16. The second-order valence-electron chi connectivity index (χ2n) is 21.2. The van der Waals surface area contributed by atoms with Gasteiger partial charge in [0.05, 0.1) is 58.6 Å². The van der Waals surface area contributed by atoms with E-state index >= 15 is 0 Å². The smallest absolute Gasteiger partial charge is 0.309 e. The SMILES string of the molecule is CC[C@H]1OC(=O)[C@H](C)C([C@H]2C[C@@](C)(OC)[C@@H](O)[C@H](C)O2)[C@H](C)[C@@H](O[C@H]2C[C@@H](N(C)CCC(=O)N[C@H](CF)[C@H](OC)c3ccc(S(C)(=O)=O)cc3)C[C@@H](C)O2)[C@](C)(OC)C[C@@H](C)C(=O)[C@H](C)[C@@H](O)[C@]1(C)O. The quantitative estimate of drug-likeness (QED) is 0.164. The lowest BCUT2D eigenvalue weighted by molar-refractivity contribution is -0.278. The Morgan fingerprint density at radius 1 is 0.929 bits per heavy atom. The van der Waals surface area contributed by atoms with E-state index in [1.54, 1.807) is 53.7 Å². The van der Waals surface area contributed by atoms with Crippen molar-refractivity contribution in [3.05, 3.63) is 29.8 Å². The first-order chi connectivity index (χ1) is 32.5. The standard InChI is InChI=1S/C51H85FN2O15S/c1-16-39-51(10,60)45(57)32(6)43(56)28(2)25-50(9,65-14)47(30(4)42(31(5)48(59)68-39)38-26-49(8,64-13)46(58)33(7)67-38)69-41-24-35(23-29(3)66-41)54(11)22-21-40(55)53-37(27-52)44(63-12)34-17-19-36(20-18-34)70(15,61)62/h17-20,28-33,35,37-39,41-42,44-47,57-58,60H,16,21-27H2,1-15H3,(H,53,55)/t28-,29-,30+,31-,32+,33+,35+,37-,38-,39-,41+,42?,44-,45-,46+,47-,49-,50-,51-/m1/s1. The Balaban J connectivity index is 1.67. The van der Waals surface area contributed by atoms with E-state index in [0.29, 0.717) is 24.9 Å². The molecular weight excluding hydrogens is 932 g/mol. The molecule has 19 atom stereocenters. The molecule has 0 bridgehead atoms. The topological polar surface area (TPSA) is 226 Å². The summed E-state index contributed by atoms with van der Waals surface area (Å²) in [4.78, 5) is 44.4. The van der Waals surface area contributed by atoms with E-state index in [4.69, 9.17) is 33.2 Å². The molecular formula is C51H85FN2O15S. The Morgan fingerprint density at radius 3 is 2.09 bits per heavy atom. The first kappa shape index (κ1) is 59.9. The van der Waals surface area contributed by atoms with Crippen molar-refractivity contribution in [2.75, 3.05) is 47.9 Å². The van der Waals surface area contributed by atoms with Crippen LogP contribution < -0.4 is 5.32 Å². The molecule has 0 aromatic heterocycles. The molecule has 1 amide bonds. The van der Waals surface area contributed by atoms with Gasteiger partial charge in [-0.25, -0.2) is 12.8 Å². The average molecular weight is 1020 g/mol. The summed E-state index contributed by atoms with van der Waals surface area (Å²) in [6.45, 7) is 16.8. The molecule has 0 aliphatic carbocycles. The van der Waals surface area contributed by atoms with Crippen LogP contribution in [-0.4, -0.2) is 172 Å². The van der Waals surface area contributed by atoms with E-state index < -0.39 is 130 Å². The first-order valence-corrected chi connectivity index (χ1v) is 26.7. The number of benzene rings is 1. The number of cyclic esters (lactones) is 1. The normalized spacial score (nSPS) is 39.4. The zero-order valence-corrected chi connectivity index (χ0v) is 45.0. The van der Waals surface area contributed by atoms with E-state index in [1.165, 1.54) is 40.4 Å². The van der Waals surface area contributed by atoms with Gasteiger partial charge < -0.3 is 58.7 Å². The van der Waals surface area contributed by atoms with Crippen LogP contribution in [0.4, 0.5) is 4.39 Å². The second-order valence-corrected chi connectivity index (χ2v) is 23.2. The molecule has 3 heterocycles. The first-order valence-electron chi connectivity index (χ1n) is 24.8. The number of alkyl halides is 1. The highest BCUT2D eigenvalue weighted by atomic mass is 32.2. The molecule has 3 aliphatic heterocycles. The molecule has 1 aromatic carbocycles. The lowest BCUT2D eigenvalue weighted by Crippen LogP contribution is -2.61. The van der Waals surface area contributed by atoms with Crippen molar-refractivity contribution in [2.24, 2.45) is 29.6 Å². The summed E-state index contributed by atoms with van der Waals surface area (Å²) in [6, 6.07) is 4.73.